The Morgan fingerprint density at radius 2 is 2.03 bits per heavy atom. The molecule has 0 radical (unpaired) electrons. The van der Waals surface area contributed by atoms with Gasteiger partial charge in [-0.25, -0.2) is 18.7 Å². The lowest BCUT2D eigenvalue weighted by Gasteiger charge is -2.45. The lowest BCUT2D eigenvalue weighted by molar-refractivity contribution is -0.148. The number of nitrogens with two attached hydrogens (primary N) is 1. The molecule has 2 atom stereocenters. The molecule has 0 bridgehead atoms. The van der Waals surface area contributed by atoms with Gasteiger partial charge in [-0.05, 0) is 43.9 Å². The minimum atomic E-state index is -1.71. The van der Waals surface area contributed by atoms with Gasteiger partial charge in [0.05, 0.1) is 0 Å². The molecule has 2 amide bonds. The largest absolute Gasteiger partial charge is 0.381 e. The van der Waals surface area contributed by atoms with E-state index in [0.29, 0.717) is 25.9 Å². The highest BCUT2D eigenvalue weighted by atomic mass is 35.5. The van der Waals surface area contributed by atoms with Crippen LogP contribution < -0.4 is 16.4 Å². The van der Waals surface area contributed by atoms with E-state index in [1.165, 1.54) is 11.0 Å². The minimum Gasteiger partial charge on any atom is -0.381 e. The highest BCUT2D eigenvalue weighted by Crippen LogP contribution is 2.39. The number of carbonyl (C=O) groups excluding carboxylic acids is 2. The highest BCUT2D eigenvalue weighted by Gasteiger charge is 2.51. The van der Waals surface area contributed by atoms with Gasteiger partial charge >= 0.3 is 0 Å². The van der Waals surface area contributed by atoms with Crippen molar-refractivity contribution >= 4 is 34.9 Å². The number of nitrogen functional groups attached to an aromatic ring is 1. The lowest BCUT2D eigenvalue weighted by atomic mass is 9.82. The third kappa shape index (κ3) is 3.87. The van der Waals surface area contributed by atoms with Gasteiger partial charge in [-0.3, -0.25) is 9.59 Å². The molecule has 2 fully saturated rings. The summed E-state index contributed by atoms with van der Waals surface area (Å²) in [5.41, 5.74) is 3.85. The molecule has 3 heterocycles. The average molecular weight is 451 g/mol. The third-order valence-corrected chi connectivity index (χ3v) is 5.87. The van der Waals surface area contributed by atoms with Crippen LogP contribution in [0.3, 0.4) is 0 Å². The minimum absolute atomic E-state index is 0.104. The molecule has 2 aliphatic heterocycles. The molecule has 1 aromatic carbocycles. The first-order valence-corrected chi connectivity index (χ1v) is 10.3. The maximum Gasteiger partial charge on any atom is 0.255 e. The van der Waals surface area contributed by atoms with Crippen molar-refractivity contribution in [2.24, 2.45) is 0 Å². The van der Waals surface area contributed by atoms with E-state index in [4.69, 9.17) is 17.3 Å². The molecule has 31 heavy (non-hydrogen) atoms. The van der Waals surface area contributed by atoms with Crippen LogP contribution in [-0.2, 0) is 15.1 Å². The lowest BCUT2D eigenvalue weighted by Crippen LogP contribution is -2.62. The predicted molar refractivity (Wildman–Crippen MR) is 110 cm³/mol. The number of hydrogen-bond acceptors (Lipinski definition) is 6. The molecule has 164 valence electrons. The molecule has 0 spiro atoms. The van der Waals surface area contributed by atoms with Crippen molar-refractivity contribution < 1.29 is 18.4 Å². The van der Waals surface area contributed by atoms with Crippen LogP contribution in [0.25, 0.3) is 0 Å². The molecule has 2 saturated heterocycles. The molecule has 4 N–H and O–H groups in total. The number of benzene rings is 1. The van der Waals surface area contributed by atoms with Crippen LogP contribution in [0.5, 0.6) is 0 Å². The zero-order chi connectivity index (χ0) is 22.2. The van der Waals surface area contributed by atoms with Gasteiger partial charge in [0, 0.05) is 23.8 Å². The fraction of sp³-hybridized carbons (Fsp3) is 0.400. The van der Waals surface area contributed by atoms with Crippen LogP contribution in [-0.4, -0.2) is 45.8 Å². The second-order valence-corrected chi connectivity index (χ2v) is 8.10. The van der Waals surface area contributed by atoms with Gasteiger partial charge in [0.25, 0.3) is 5.91 Å². The summed E-state index contributed by atoms with van der Waals surface area (Å²) in [6.45, 7) is 0.867. The van der Waals surface area contributed by atoms with Crippen molar-refractivity contribution in [2.45, 2.75) is 37.3 Å². The van der Waals surface area contributed by atoms with E-state index in [-0.39, 0.29) is 28.7 Å². The second kappa shape index (κ2) is 8.26. The number of amides is 2. The van der Waals surface area contributed by atoms with Crippen LogP contribution >= 0.6 is 11.6 Å². The van der Waals surface area contributed by atoms with E-state index in [1.54, 1.807) is 0 Å². The maximum atomic E-state index is 15.1. The van der Waals surface area contributed by atoms with Crippen molar-refractivity contribution in [1.29, 1.82) is 0 Å². The zero-order valence-corrected chi connectivity index (χ0v) is 17.3. The van der Waals surface area contributed by atoms with E-state index in [2.05, 4.69) is 20.6 Å². The predicted octanol–water partition coefficient (Wildman–Crippen LogP) is 2.20. The molecule has 2 aromatic rings. The summed E-state index contributed by atoms with van der Waals surface area (Å²) in [6, 6.07) is 3.01. The maximum absolute atomic E-state index is 15.1. The van der Waals surface area contributed by atoms with Crippen LogP contribution in [0, 0.1) is 11.6 Å². The van der Waals surface area contributed by atoms with Gasteiger partial charge in [-0.2, -0.15) is 0 Å². The average Bonchev–Trinajstić information content (AvgIpc) is 2.72. The fourth-order valence-corrected chi connectivity index (χ4v) is 4.49. The molecule has 11 heteroatoms. The van der Waals surface area contributed by atoms with Crippen molar-refractivity contribution in [2.75, 3.05) is 24.1 Å². The smallest absolute Gasteiger partial charge is 0.255 e. The molecular formula is C20H21ClF2N6O2. The van der Waals surface area contributed by atoms with Crippen molar-refractivity contribution in [1.82, 2.24) is 20.2 Å². The Hall–Kier alpha value is -3.01. The van der Waals surface area contributed by atoms with Gasteiger partial charge in [0.1, 0.15) is 23.9 Å². The van der Waals surface area contributed by atoms with Gasteiger partial charge in [-0.1, -0.05) is 11.6 Å². The standard InChI is InChI=1S/C20H21ClF2N6O2/c21-11-7-12(22)9-13(8-11)28-20(16-15(23)17(24)27-10-26-16)4-2-6-29(19(20)31)14-3-1-5-25-18(14)30/h7-10,14,28H,1-6H2,(H,25,30)(H2,24,26,27). The Morgan fingerprint density at radius 1 is 1.23 bits per heavy atom. The SMILES string of the molecule is Nc1ncnc(C2(Nc3cc(F)cc(Cl)c3)CCCN(C3CCCNC3=O)C2=O)c1F. The fourth-order valence-electron chi connectivity index (χ4n) is 4.27. The quantitative estimate of drug-likeness (QED) is 0.658. The van der Waals surface area contributed by atoms with Crippen molar-refractivity contribution in [3.63, 3.8) is 0 Å². The van der Waals surface area contributed by atoms with E-state index in [1.807, 2.05) is 0 Å². The van der Waals surface area contributed by atoms with Gasteiger partial charge < -0.3 is 21.3 Å². The molecule has 8 nitrogen and oxygen atoms in total. The van der Waals surface area contributed by atoms with E-state index < -0.39 is 34.9 Å². The first-order valence-electron chi connectivity index (χ1n) is 9.91. The molecule has 2 aliphatic rings. The highest BCUT2D eigenvalue weighted by molar-refractivity contribution is 6.30. The number of halogens is 3. The Kier molecular flexibility index (Phi) is 5.65. The number of hydrogen-bond donors (Lipinski definition) is 3. The number of nitrogens with one attached hydrogen (secondary N) is 2. The number of carbonyl (C=O) groups is 2. The summed E-state index contributed by atoms with van der Waals surface area (Å²) >= 11 is 5.97. The first kappa shape index (κ1) is 21.2. The zero-order valence-electron chi connectivity index (χ0n) is 16.5. The summed E-state index contributed by atoms with van der Waals surface area (Å²) < 4.78 is 29.0. The normalized spacial score (nSPS) is 24.1. The van der Waals surface area contributed by atoms with Crippen molar-refractivity contribution in [3.05, 3.63) is 46.9 Å². The summed E-state index contributed by atoms with van der Waals surface area (Å²) in [5.74, 6) is -2.78. The molecule has 0 aliphatic carbocycles. The molecule has 2 unspecified atom stereocenters. The third-order valence-electron chi connectivity index (χ3n) is 5.65. The summed E-state index contributed by atoms with van der Waals surface area (Å²) in [6.07, 6.45) is 2.88. The summed E-state index contributed by atoms with van der Waals surface area (Å²) in [5, 5.41) is 5.83. The number of aromatic nitrogens is 2. The molecule has 0 saturated carbocycles. The van der Waals surface area contributed by atoms with E-state index >= 15 is 4.39 Å². The molecular weight excluding hydrogens is 430 g/mol. The summed E-state index contributed by atoms with van der Waals surface area (Å²) in [7, 11) is 0. The summed E-state index contributed by atoms with van der Waals surface area (Å²) in [4.78, 5) is 35.4. The molecule has 4 rings (SSSR count). The van der Waals surface area contributed by atoms with Crippen molar-refractivity contribution in [3.8, 4) is 0 Å². The number of piperidine rings is 2. The molecule has 1 aromatic heterocycles. The Morgan fingerprint density at radius 3 is 2.77 bits per heavy atom. The van der Waals surface area contributed by atoms with Crippen LogP contribution in [0.15, 0.2) is 24.5 Å². The number of rotatable bonds is 4. The topological polar surface area (TPSA) is 113 Å². The number of nitrogens with zero attached hydrogens (tertiary/aromatic N) is 3. The Bertz CT molecular complexity index is 1020. The van der Waals surface area contributed by atoms with Gasteiger partial charge in [0.15, 0.2) is 17.2 Å². The monoisotopic (exact) mass is 450 g/mol. The van der Waals surface area contributed by atoms with Crippen LogP contribution in [0.1, 0.15) is 31.4 Å². The van der Waals surface area contributed by atoms with Gasteiger partial charge in [0.2, 0.25) is 5.91 Å². The Balaban J connectivity index is 1.82. The number of likely N-dealkylation sites (tertiary alicyclic amines) is 1. The van der Waals surface area contributed by atoms with E-state index in [0.717, 1.165) is 24.9 Å². The van der Waals surface area contributed by atoms with E-state index in [9.17, 15) is 14.0 Å². The number of anilines is 2. The van der Waals surface area contributed by atoms with Gasteiger partial charge in [-0.15, -0.1) is 0 Å². The second-order valence-electron chi connectivity index (χ2n) is 7.66. The Labute approximate surface area is 182 Å². The van der Waals surface area contributed by atoms with Crippen LogP contribution in [0.4, 0.5) is 20.3 Å². The first-order chi connectivity index (χ1) is 14.8. The van der Waals surface area contributed by atoms with Crippen LogP contribution in [0.2, 0.25) is 5.02 Å².